The summed E-state index contributed by atoms with van der Waals surface area (Å²) >= 11 is 0.288. The van der Waals surface area contributed by atoms with Crippen molar-refractivity contribution in [2.75, 3.05) is 0 Å². The van der Waals surface area contributed by atoms with Crippen molar-refractivity contribution in [2.24, 2.45) is 0 Å². The summed E-state index contributed by atoms with van der Waals surface area (Å²) in [5.41, 5.74) is 5.14. The number of hydrogen-bond donors (Lipinski definition) is 0. The quantitative estimate of drug-likeness (QED) is 0.142. The van der Waals surface area contributed by atoms with Crippen LogP contribution in [0.25, 0.3) is 86.1 Å². The molecule has 45 heavy (non-hydrogen) atoms. The first-order chi connectivity index (χ1) is 22.3. The summed E-state index contributed by atoms with van der Waals surface area (Å²) in [4.78, 5) is 14.9. The summed E-state index contributed by atoms with van der Waals surface area (Å²) in [6.45, 7) is 0. The molecule has 0 fully saturated rings. The normalized spacial score (nSPS) is 11.6. The van der Waals surface area contributed by atoms with Gasteiger partial charge in [0.1, 0.15) is 0 Å². The second-order valence-electron chi connectivity index (χ2n) is 11.2. The van der Waals surface area contributed by atoms with E-state index in [0.717, 1.165) is 27.8 Å². The third-order valence-electron chi connectivity index (χ3n) is 8.52. The standard InChI is InChI=1S/C41H25N3Se/c1-3-11-27(12-4-1)39-42-40(28-13-5-2-6-14-28)44-41(43-39)35-17-8-7-15-31(35)29-22-23-32-30(25-29)20-19-26-21-24-34-33-16-9-10-18-36(33)45-38(34)37(26)32/h1-25H. The molecule has 0 radical (unpaired) electrons. The zero-order chi connectivity index (χ0) is 29.7. The Kier molecular flexibility index (Phi) is 6.15. The number of aromatic nitrogens is 3. The topological polar surface area (TPSA) is 38.7 Å². The van der Waals surface area contributed by atoms with E-state index >= 15 is 0 Å². The molecule has 0 amide bonds. The molecule has 0 atom stereocenters. The first-order valence-corrected chi connectivity index (χ1v) is 16.7. The maximum absolute atomic E-state index is 5.03. The van der Waals surface area contributed by atoms with Crippen LogP contribution in [0.4, 0.5) is 0 Å². The maximum atomic E-state index is 5.03. The van der Waals surface area contributed by atoms with E-state index in [-0.39, 0.29) is 14.5 Å². The zero-order valence-electron chi connectivity index (χ0n) is 24.2. The number of fused-ring (bicyclic) bond motifs is 7. The summed E-state index contributed by atoms with van der Waals surface area (Å²) in [5, 5.41) is 8.01. The van der Waals surface area contributed by atoms with Gasteiger partial charge in [-0.25, -0.2) is 0 Å². The zero-order valence-corrected chi connectivity index (χ0v) is 25.9. The van der Waals surface area contributed by atoms with Crippen molar-refractivity contribution in [1.29, 1.82) is 0 Å². The summed E-state index contributed by atoms with van der Waals surface area (Å²) in [5.74, 6) is 1.99. The third-order valence-corrected chi connectivity index (χ3v) is 11.0. The van der Waals surface area contributed by atoms with E-state index in [1.165, 1.54) is 40.8 Å². The minimum atomic E-state index is 0.288. The minimum absolute atomic E-state index is 0.288. The Morgan fingerprint density at radius 1 is 0.378 bits per heavy atom. The number of rotatable bonds is 4. The Morgan fingerprint density at radius 3 is 1.71 bits per heavy atom. The first kappa shape index (κ1) is 26.0. The summed E-state index contributed by atoms with van der Waals surface area (Å²) in [7, 11) is 0. The molecule has 3 nitrogen and oxygen atoms in total. The van der Waals surface area contributed by atoms with Crippen LogP contribution in [0.2, 0.25) is 0 Å². The van der Waals surface area contributed by atoms with Gasteiger partial charge < -0.3 is 0 Å². The van der Waals surface area contributed by atoms with Crippen LogP contribution in [0.1, 0.15) is 0 Å². The molecule has 210 valence electrons. The van der Waals surface area contributed by atoms with Gasteiger partial charge in [-0.3, -0.25) is 0 Å². The van der Waals surface area contributed by atoms with Gasteiger partial charge >= 0.3 is 207 Å². The molecular formula is C41H25N3Se. The third kappa shape index (κ3) is 4.46. The van der Waals surface area contributed by atoms with Crippen molar-refractivity contribution in [3.8, 4) is 45.3 Å². The van der Waals surface area contributed by atoms with Gasteiger partial charge in [-0.1, -0.05) is 60.7 Å². The molecule has 9 aromatic rings. The number of hydrogen-bond acceptors (Lipinski definition) is 3. The predicted octanol–water partition coefficient (Wildman–Crippen LogP) is 10.2. The Bertz CT molecular complexity index is 2480. The molecule has 0 N–H and O–H groups in total. The van der Waals surface area contributed by atoms with Crippen molar-refractivity contribution in [1.82, 2.24) is 15.0 Å². The van der Waals surface area contributed by atoms with Gasteiger partial charge in [0.25, 0.3) is 0 Å². The fourth-order valence-electron chi connectivity index (χ4n) is 6.36. The molecule has 0 aliphatic heterocycles. The predicted molar refractivity (Wildman–Crippen MR) is 189 cm³/mol. The van der Waals surface area contributed by atoms with E-state index in [9.17, 15) is 0 Å². The monoisotopic (exact) mass is 639 g/mol. The summed E-state index contributed by atoms with van der Waals surface area (Å²) in [6, 6.07) is 53.6. The SMILES string of the molecule is c1ccc(-c2nc(-c3ccccc3)nc(-c3ccccc3-c3ccc4c(ccc5ccc6c7ccccc7[se]c6c54)c3)n2)cc1. The maximum Gasteiger partial charge on any atom is -0.0512 e. The van der Waals surface area contributed by atoms with Crippen molar-refractivity contribution < 1.29 is 0 Å². The Balaban J connectivity index is 1.23. The van der Waals surface area contributed by atoms with Crippen molar-refractivity contribution >= 4 is 55.3 Å². The smallest absolute Gasteiger partial charge is 0.0512 e. The van der Waals surface area contributed by atoms with Crippen LogP contribution in [0.15, 0.2) is 152 Å². The van der Waals surface area contributed by atoms with Crippen LogP contribution in [-0.4, -0.2) is 29.5 Å². The van der Waals surface area contributed by atoms with Gasteiger partial charge in [0, 0.05) is 0 Å². The van der Waals surface area contributed by atoms with E-state index in [2.05, 4.69) is 91.0 Å². The van der Waals surface area contributed by atoms with Crippen molar-refractivity contribution in [3.63, 3.8) is 0 Å². The van der Waals surface area contributed by atoms with Gasteiger partial charge in [-0.15, -0.1) is 0 Å². The van der Waals surface area contributed by atoms with E-state index < -0.39 is 0 Å². The fourth-order valence-corrected chi connectivity index (χ4v) is 9.02. The molecule has 0 unspecified atom stereocenters. The molecule has 0 aliphatic carbocycles. The van der Waals surface area contributed by atoms with Gasteiger partial charge in [0.05, 0.1) is 0 Å². The molecule has 2 aromatic heterocycles. The molecule has 0 aliphatic rings. The van der Waals surface area contributed by atoms with Crippen molar-refractivity contribution in [3.05, 3.63) is 152 Å². The van der Waals surface area contributed by atoms with E-state index in [1.54, 1.807) is 0 Å². The average molecular weight is 639 g/mol. The molecule has 7 aromatic carbocycles. The molecule has 0 bridgehead atoms. The van der Waals surface area contributed by atoms with Crippen LogP contribution in [0, 0.1) is 0 Å². The second-order valence-corrected chi connectivity index (χ2v) is 13.4. The Labute approximate surface area is 266 Å². The molecule has 2 heterocycles. The summed E-state index contributed by atoms with van der Waals surface area (Å²) < 4.78 is 2.96. The molecule has 4 heteroatoms. The van der Waals surface area contributed by atoms with Crippen LogP contribution in [0.3, 0.4) is 0 Å². The molecule has 0 spiro atoms. The fraction of sp³-hybridized carbons (Fsp3) is 0. The van der Waals surface area contributed by atoms with Crippen LogP contribution in [-0.2, 0) is 0 Å². The number of benzene rings is 7. The van der Waals surface area contributed by atoms with E-state index in [0.29, 0.717) is 17.5 Å². The Morgan fingerprint density at radius 2 is 0.956 bits per heavy atom. The van der Waals surface area contributed by atoms with Gasteiger partial charge in [0.2, 0.25) is 0 Å². The second kappa shape index (κ2) is 10.6. The molecular weight excluding hydrogens is 613 g/mol. The Hall–Kier alpha value is -5.41. The van der Waals surface area contributed by atoms with E-state index in [1.807, 2.05) is 60.7 Å². The molecule has 0 saturated heterocycles. The average Bonchev–Trinajstić information content (AvgIpc) is 3.51. The van der Waals surface area contributed by atoms with E-state index in [4.69, 9.17) is 15.0 Å². The van der Waals surface area contributed by atoms with Gasteiger partial charge in [0.15, 0.2) is 0 Å². The van der Waals surface area contributed by atoms with Gasteiger partial charge in [-0.2, -0.15) is 0 Å². The van der Waals surface area contributed by atoms with Gasteiger partial charge in [-0.05, 0) is 0 Å². The van der Waals surface area contributed by atoms with Crippen LogP contribution >= 0.6 is 0 Å². The molecule has 9 rings (SSSR count). The minimum Gasteiger partial charge on any atom is -0.0615 e. The summed E-state index contributed by atoms with van der Waals surface area (Å²) in [6.07, 6.45) is 0. The van der Waals surface area contributed by atoms with Crippen LogP contribution < -0.4 is 0 Å². The largest absolute Gasteiger partial charge is 0.0615 e. The van der Waals surface area contributed by atoms with Crippen LogP contribution in [0.5, 0.6) is 0 Å². The van der Waals surface area contributed by atoms with Crippen molar-refractivity contribution in [2.45, 2.75) is 0 Å². The first-order valence-electron chi connectivity index (χ1n) is 15.0. The molecule has 0 saturated carbocycles. The number of nitrogens with zero attached hydrogens (tertiary/aromatic N) is 3.